The number of carbonyl (C=O) groups is 2. The maximum absolute atomic E-state index is 12.2. The van der Waals surface area contributed by atoms with Crippen LogP contribution in [0.4, 0.5) is 0 Å². The molecule has 0 saturated heterocycles. The van der Waals surface area contributed by atoms with E-state index in [9.17, 15) is 9.59 Å². The Morgan fingerprint density at radius 3 is 2.30 bits per heavy atom. The first-order valence-corrected chi connectivity index (χ1v) is 8.42. The molecule has 7 nitrogen and oxygen atoms in total. The quantitative estimate of drug-likeness (QED) is 0.281. The van der Waals surface area contributed by atoms with E-state index in [1.165, 1.54) is 0 Å². The minimum absolute atomic E-state index is 0.0784. The van der Waals surface area contributed by atoms with Crippen molar-refractivity contribution in [2.75, 3.05) is 46.4 Å². The molecule has 0 unspecified atom stereocenters. The highest BCUT2D eigenvalue weighted by atomic mass is 16.5. The summed E-state index contributed by atoms with van der Waals surface area (Å²) in [6.45, 7) is 11.0. The van der Waals surface area contributed by atoms with E-state index in [2.05, 4.69) is 10.3 Å². The zero-order valence-corrected chi connectivity index (χ0v) is 15.2. The van der Waals surface area contributed by atoms with Crippen LogP contribution in [0.25, 0.3) is 0 Å². The summed E-state index contributed by atoms with van der Waals surface area (Å²) in [5, 5.41) is 3.16. The Bertz CT molecular complexity index is 382. The van der Waals surface area contributed by atoms with Crippen molar-refractivity contribution in [3.8, 4) is 0 Å². The number of ether oxygens (including phenoxy) is 1. The largest absolute Gasteiger partial charge is 0.466 e. The van der Waals surface area contributed by atoms with Crippen LogP contribution in [-0.2, 0) is 14.3 Å². The van der Waals surface area contributed by atoms with Crippen LogP contribution in [0.15, 0.2) is 4.99 Å². The molecule has 0 aliphatic carbocycles. The number of carbonyl (C=O) groups excluding carboxylic acids is 2. The first-order chi connectivity index (χ1) is 11.0. The number of esters is 1. The molecule has 0 atom stereocenters. The molecule has 0 heterocycles. The molecule has 0 aromatic heterocycles. The van der Waals surface area contributed by atoms with Gasteiger partial charge in [-0.25, -0.2) is 0 Å². The molecule has 0 spiro atoms. The standard InChI is InChI=1S/C16H32N4O3/c1-6-17-16(18-12-10-11-15(22)23-9-4)19(5)13-14(21)20(7-2)8-3/h6-13H2,1-5H3,(H,17,18). The fraction of sp³-hybridized carbons (Fsp3) is 0.812. The third-order valence-electron chi connectivity index (χ3n) is 3.29. The summed E-state index contributed by atoms with van der Waals surface area (Å²) in [5.41, 5.74) is 0. The number of rotatable bonds is 10. The minimum Gasteiger partial charge on any atom is -0.466 e. The summed E-state index contributed by atoms with van der Waals surface area (Å²) in [5.74, 6) is 0.559. The summed E-state index contributed by atoms with van der Waals surface area (Å²) in [6, 6.07) is 0. The van der Waals surface area contributed by atoms with Crippen LogP contribution in [0.3, 0.4) is 0 Å². The van der Waals surface area contributed by atoms with Crippen LogP contribution in [0.1, 0.15) is 40.5 Å². The second-order valence-corrected chi connectivity index (χ2v) is 5.07. The van der Waals surface area contributed by atoms with Crippen LogP contribution in [-0.4, -0.2) is 74.0 Å². The molecule has 23 heavy (non-hydrogen) atoms. The van der Waals surface area contributed by atoms with Gasteiger partial charge in [-0.3, -0.25) is 14.6 Å². The second kappa shape index (κ2) is 12.7. The van der Waals surface area contributed by atoms with Gasteiger partial charge in [0.1, 0.15) is 0 Å². The van der Waals surface area contributed by atoms with E-state index in [0.29, 0.717) is 45.0 Å². The molecule has 0 rings (SSSR count). The monoisotopic (exact) mass is 328 g/mol. The number of guanidine groups is 1. The van der Waals surface area contributed by atoms with E-state index in [-0.39, 0.29) is 18.4 Å². The number of nitrogens with zero attached hydrogens (tertiary/aromatic N) is 3. The predicted octanol–water partition coefficient (Wildman–Crippen LogP) is 1.10. The molecular formula is C16H32N4O3. The van der Waals surface area contributed by atoms with Crippen LogP contribution in [0.2, 0.25) is 0 Å². The van der Waals surface area contributed by atoms with Gasteiger partial charge in [-0.15, -0.1) is 0 Å². The fourth-order valence-electron chi connectivity index (χ4n) is 2.07. The van der Waals surface area contributed by atoms with E-state index >= 15 is 0 Å². The van der Waals surface area contributed by atoms with Crippen LogP contribution >= 0.6 is 0 Å². The van der Waals surface area contributed by atoms with Gasteiger partial charge in [-0.05, 0) is 34.1 Å². The van der Waals surface area contributed by atoms with Gasteiger partial charge < -0.3 is 19.9 Å². The van der Waals surface area contributed by atoms with Crippen molar-refractivity contribution >= 4 is 17.8 Å². The molecule has 0 bridgehead atoms. The Balaban J connectivity index is 4.48. The topological polar surface area (TPSA) is 74.2 Å². The van der Waals surface area contributed by atoms with Gasteiger partial charge in [0, 0.05) is 39.6 Å². The predicted molar refractivity (Wildman–Crippen MR) is 92.4 cm³/mol. The lowest BCUT2D eigenvalue weighted by atomic mass is 10.3. The Labute approximate surface area is 140 Å². The van der Waals surface area contributed by atoms with Gasteiger partial charge in [0.2, 0.25) is 5.91 Å². The molecule has 0 fully saturated rings. The lowest BCUT2D eigenvalue weighted by Gasteiger charge is -2.25. The van der Waals surface area contributed by atoms with E-state index < -0.39 is 0 Å². The van der Waals surface area contributed by atoms with Gasteiger partial charge in [0.15, 0.2) is 5.96 Å². The molecule has 0 radical (unpaired) electrons. The maximum Gasteiger partial charge on any atom is 0.305 e. The average Bonchev–Trinajstić information content (AvgIpc) is 2.51. The molecule has 1 amide bonds. The zero-order chi connectivity index (χ0) is 17.7. The van der Waals surface area contributed by atoms with Crippen LogP contribution in [0, 0.1) is 0 Å². The van der Waals surface area contributed by atoms with Crippen molar-refractivity contribution in [1.29, 1.82) is 0 Å². The highest BCUT2D eigenvalue weighted by Crippen LogP contribution is 1.97. The average molecular weight is 328 g/mol. The zero-order valence-electron chi connectivity index (χ0n) is 15.2. The highest BCUT2D eigenvalue weighted by Gasteiger charge is 2.14. The molecular weight excluding hydrogens is 296 g/mol. The third kappa shape index (κ3) is 9.05. The molecule has 0 saturated carbocycles. The number of amides is 1. The summed E-state index contributed by atoms with van der Waals surface area (Å²) < 4.78 is 4.88. The normalized spacial score (nSPS) is 11.1. The Morgan fingerprint density at radius 2 is 1.78 bits per heavy atom. The first-order valence-electron chi connectivity index (χ1n) is 8.42. The van der Waals surface area contributed by atoms with Crippen LogP contribution < -0.4 is 5.32 Å². The number of hydrogen-bond donors (Lipinski definition) is 1. The van der Waals surface area contributed by atoms with Gasteiger partial charge in [-0.1, -0.05) is 0 Å². The van der Waals surface area contributed by atoms with E-state index in [4.69, 9.17) is 4.74 Å². The molecule has 0 aromatic rings. The Hall–Kier alpha value is -1.79. The van der Waals surface area contributed by atoms with Gasteiger partial charge in [0.05, 0.1) is 13.2 Å². The molecule has 0 aliphatic rings. The van der Waals surface area contributed by atoms with Crippen molar-refractivity contribution in [1.82, 2.24) is 15.1 Å². The number of hydrogen-bond acceptors (Lipinski definition) is 4. The van der Waals surface area contributed by atoms with Gasteiger partial charge in [-0.2, -0.15) is 0 Å². The fourth-order valence-corrected chi connectivity index (χ4v) is 2.07. The Kier molecular flexibility index (Phi) is 11.7. The van der Waals surface area contributed by atoms with Crippen molar-refractivity contribution in [3.63, 3.8) is 0 Å². The smallest absolute Gasteiger partial charge is 0.305 e. The van der Waals surface area contributed by atoms with Gasteiger partial charge in [0.25, 0.3) is 0 Å². The van der Waals surface area contributed by atoms with E-state index in [1.54, 1.807) is 11.8 Å². The molecule has 134 valence electrons. The van der Waals surface area contributed by atoms with Crippen molar-refractivity contribution in [2.45, 2.75) is 40.5 Å². The molecule has 0 aliphatic heterocycles. The first kappa shape index (κ1) is 21.2. The summed E-state index contributed by atoms with van der Waals surface area (Å²) >= 11 is 0. The molecule has 0 aromatic carbocycles. The lowest BCUT2D eigenvalue weighted by Crippen LogP contribution is -2.45. The molecule has 7 heteroatoms. The van der Waals surface area contributed by atoms with Crippen molar-refractivity contribution < 1.29 is 14.3 Å². The van der Waals surface area contributed by atoms with Crippen LogP contribution in [0.5, 0.6) is 0 Å². The van der Waals surface area contributed by atoms with Crippen molar-refractivity contribution in [2.24, 2.45) is 4.99 Å². The second-order valence-electron chi connectivity index (χ2n) is 5.07. The van der Waals surface area contributed by atoms with E-state index in [1.807, 2.05) is 32.7 Å². The molecule has 1 N–H and O–H groups in total. The third-order valence-corrected chi connectivity index (χ3v) is 3.29. The van der Waals surface area contributed by atoms with E-state index in [0.717, 1.165) is 6.54 Å². The van der Waals surface area contributed by atoms with Gasteiger partial charge >= 0.3 is 5.97 Å². The summed E-state index contributed by atoms with van der Waals surface area (Å²) in [7, 11) is 1.84. The summed E-state index contributed by atoms with van der Waals surface area (Å²) in [6.07, 6.45) is 0.990. The number of likely N-dealkylation sites (N-methyl/N-ethyl adjacent to an activating group) is 2. The summed E-state index contributed by atoms with van der Waals surface area (Å²) in [4.78, 5) is 31.5. The Morgan fingerprint density at radius 1 is 1.13 bits per heavy atom. The highest BCUT2D eigenvalue weighted by molar-refractivity contribution is 5.86. The minimum atomic E-state index is -0.197. The van der Waals surface area contributed by atoms with Crippen molar-refractivity contribution in [3.05, 3.63) is 0 Å². The number of nitrogens with one attached hydrogen (secondary N) is 1. The lowest BCUT2D eigenvalue weighted by molar-refractivity contribution is -0.143. The maximum atomic E-state index is 12.2. The number of aliphatic imine (C=N–C) groups is 1. The SMILES string of the molecule is CCNC(=NCCCC(=O)OCC)N(C)CC(=O)N(CC)CC.